The Kier molecular flexibility index (Phi) is 7.99. The van der Waals surface area contributed by atoms with Gasteiger partial charge in [-0.05, 0) is 54.7 Å². The van der Waals surface area contributed by atoms with Crippen LogP contribution < -0.4 is 21.6 Å². The van der Waals surface area contributed by atoms with E-state index in [4.69, 9.17) is 11.6 Å². The Balaban J connectivity index is 1.44. The van der Waals surface area contributed by atoms with Gasteiger partial charge in [0.15, 0.2) is 5.54 Å². The van der Waals surface area contributed by atoms with E-state index in [-0.39, 0.29) is 52.8 Å². The van der Waals surface area contributed by atoms with Gasteiger partial charge in [0.05, 0.1) is 47.0 Å². The van der Waals surface area contributed by atoms with Crippen molar-refractivity contribution in [3.63, 3.8) is 0 Å². The first-order valence-corrected chi connectivity index (χ1v) is 14.7. The maximum absolute atomic E-state index is 14.0. The molecule has 1 fully saturated rings. The van der Waals surface area contributed by atoms with Crippen LogP contribution in [0.25, 0.3) is 10.9 Å². The molecule has 1 aliphatic carbocycles. The van der Waals surface area contributed by atoms with Crippen LogP contribution in [0, 0.1) is 28.5 Å². The van der Waals surface area contributed by atoms with E-state index in [0.29, 0.717) is 23.0 Å². The molecule has 0 radical (unpaired) electrons. The molecule has 0 saturated heterocycles. The van der Waals surface area contributed by atoms with Gasteiger partial charge in [-0.2, -0.15) is 23.7 Å². The molecule has 0 bridgehead atoms. The number of alkyl halides is 3. The minimum Gasteiger partial charge on any atom is -0.377 e. The Bertz CT molecular complexity index is 1920. The molecule has 2 aliphatic rings. The average Bonchev–Trinajstić information content (AvgIpc) is 3.73. The van der Waals surface area contributed by atoms with E-state index in [2.05, 4.69) is 38.7 Å². The van der Waals surface area contributed by atoms with Gasteiger partial charge in [-0.3, -0.25) is 9.99 Å². The highest BCUT2D eigenvalue weighted by molar-refractivity contribution is 6.35. The number of rotatable bonds is 10. The van der Waals surface area contributed by atoms with Crippen LogP contribution in [0.4, 0.5) is 28.9 Å². The smallest absolute Gasteiger partial charge is 0.377 e. The fourth-order valence-electron chi connectivity index (χ4n) is 5.47. The van der Waals surface area contributed by atoms with Gasteiger partial charge in [-0.15, -0.1) is 5.53 Å². The van der Waals surface area contributed by atoms with Crippen molar-refractivity contribution in [3.8, 4) is 12.1 Å². The molecule has 6 rings (SSSR count). The summed E-state index contributed by atoms with van der Waals surface area (Å²) in [6.45, 7) is 0. The molecular formula is C33H27ClF4N8. The van der Waals surface area contributed by atoms with Crippen molar-refractivity contribution >= 4 is 33.9 Å². The number of nitrogens with one attached hydrogen (secondary N) is 4. The summed E-state index contributed by atoms with van der Waals surface area (Å²) in [4.78, 5) is 4.39. The Morgan fingerprint density at radius 2 is 1.80 bits per heavy atom. The lowest BCUT2D eigenvalue weighted by molar-refractivity contribution is -0.195. The molecule has 0 spiro atoms. The number of nitriles is 2. The van der Waals surface area contributed by atoms with Gasteiger partial charge in [-0.1, -0.05) is 54.1 Å². The summed E-state index contributed by atoms with van der Waals surface area (Å²) in [5.74, 6) is -0.554. The Morgan fingerprint density at radius 1 is 1.07 bits per heavy atom. The maximum atomic E-state index is 14.0. The fourth-order valence-corrected chi connectivity index (χ4v) is 5.74. The third kappa shape index (κ3) is 5.97. The monoisotopic (exact) mass is 647 g/mol. The first kappa shape index (κ1) is 29.7. The van der Waals surface area contributed by atoms with E-state index in [0.717, 1.165) is 22.7 Å². The highest BCUT2D eigenvalue weighted by Crippen LogP contribution is 2.53. The molecule has 3 aromatic carbocycles. The molecule has 2 heterocycles. The van der Waals surface area contributed by atoms with Gasteiger partial charge in [0.1, 0.15) is 11.9 Å². The zero-order valence-electron chi connectivity index (χ0n) is 25.1. The molecule has 13 heteroatoms. The van der Waals surface area contributed by atoms with E-state index < -0.39 is 23.6 Å². The molecule has 234 valence electrons. The van der Waals surface area contributed by atoms with Gasteiger partial charge in [-0.25, -0.2) is 4.39 Å². The lowest BCUT2D eigenvalue weighted by Gasteiger charge is -2.28. The number of hydrogen-bond donors (Lipinski definition) is 4. The van der Waals surface area contributed by atoms with E-state index in [1.54, 1.807) is 6.07 Å². The van der Waals surface area contributed by atoms with Crippen LogP contribution in [0.5, 0.6) is 0 Å². The summed E-state index contributed by atoms with van der Waals surface area (Å²) in [7, 11) is 0. The summed E-state index contributed by atoms with van der Waals surface area (Å²) in [6, 6.07) is 19.6. The SMILES string of the molecule is [2H][C@](Nc1cc(Cl)c2ncc(C#N)c(N[C@H](CCC#N)c3ccccc3)c2c1)(C1=CN(C2(C(F)(F)F)CC2)NN1)c1ccc(F)cc1. The van der Waals surface area contributed by atoms with Crippen LogP contribution >= 0.6 is 11.6 Å². The highest BCUT2D eigenvalue weighted by Gasteiger charge is 2.67. The number of pyridine rings is 1. The minimum absolute atomic E-state index is 0.0127. The van der Waals surface area contributed by atoms with Crippen molar-refractivity contribution in [2.24, 2.45) is 0 Å². The first-order chi connectivity index (χ1) is 22.5. The molecule has 1 aliphatic heterocycles. The van der Waals surface area contributed by atoms with E-state index in [1.165, 1.54) is 30.6 Å². The number of aromatic nitrogens is 1. The van der Waals surface area contributed by atoms with Crippen LogP contribution in [0.15, 0.2) is 84.8 Å². The molecule has 4 aromatic rings. The standard InChI is InChI=1S/C33H27ClF4N8/c34-26-16-24(15-25-29(22(17-40)18-41-31(25)26)43-27(7-4-14-39)20-5-2-1-3-6-20)42-30(21-8-10-23(35)11-9-21)28-19-46(45-44-28)32(12-13-32)33(36,37)38/h1-3,5-6,8-11,15-16,18-19,27,30,42,44-45H,4,7,12-13H2,(H,41,43)/t27-,30-/m1/s1/i30D. The van der Waals surface area contributed by atoms with Gasteiger partial charge in [0.2, 0.25) is 0 Å². The second kappa shape index (κ2) is 12.4. The van der Waals surface area contributed by atoms with Gasteiger partial charge >= 0.3 is 6.18 Å². The summed E-state index contributed by atoms with van der Waals surface area (Å²) >= 11 is 6.72. The number of anilines is 2. The summed E-state index contributed by atoms with van der Waals surface area (Å²) < 4.78 is 65.3. The zero-order valence-corrected chi connectivity index (χ0v) is 24.8. The van der Waals surface area contributed by atoms with Crippen molar-refractivity contribution < 1.29 is 18.9 Å². The predicted molar refractivity (Wildman–Crippen MR) is 166 cm³/mol. The summed E-state index contributed by atoms with van der Waals surface area (Å²) in [6.07, 6.45) is -1.50. The molecule has 0 unspecified atom stereocenters. The van der Waals surface area contributed by atoms with Crippen LogP contribution in [0.1, 0.15) is 55.8 Å². The fraction of sp³-hybridized carbons (Fsp3) is 0.242. The number of halogens is 5. The first-order valence-electron chi connectivity index (χ1n) is 14.8. The summed E-state index contributed by atoms with van der Waals surface area (Å²) in [5, 5.41) is 27.4. The van der Waals surface area contributed by atoms with Crippen LogP contribution in [0.2, 0.25) is 5.02 Å². The number of hydrogen-bond acceptors (Lipinski definition) is 8. The average molecular weight is 648 g/mol. The lowest BCUT2D eigenvalue weighted by Crippen LogP contribution is -2.52. The maximum Gasteiger partial charge on any atom is 0.413 e. The Labute approximate surface area is 268 Å². The van der Waals surface area contributed by atoms with Crippen molar-refractivity contribution in [1.82, 2.24) is 21.0 Å². The lowest BCUT2D eigenvalue weighted by atomic mass is 10.00. The Hall–Kier alpha value is -5.04. The molecule has 2 atom stereocenters. The second-order valence-electron chi connectivity index (χ2n) is 11.0. The molecule has 1 aromatic heterocycles. The van der Waals surface area contributed by atoms with Crippen LogP contribution in [0.3, 0.4) is 0 Å². The van der Waals surface area contributed by atoms with E-state index >= 15 is 0 Å². The van der Waals surface area contributed by atoms with Crippen molar-refractivity contribution in [2.75, 3.05) is 10.6 Å². The Morgan fingerprint density at radius 3 is 2.46 bits per heavy atom. The van der Waals surface area contributed by atoms with E-state index in [9.17, 15) is 29.5 Å². The van der Waals surface area contributed by atoms with Crippen LogP contribution in [-0.2, 0) is 0 Å². The van der Waals surface area contributed by atoms with Crippen molar-refractivity contribution in [1.29, 1.82) is 10.5 Å². The molecule has 0 amide bonds. The number of nitrogens with zero attached hydrogens (tertiary/aromatic N) is 4. The minimum atomic E-state index is -4.52. The number of fused-ring (bicyclic) bond motifs is 1. The predicted octanol–water partition coefficient (Wildman–Crippen LogP) is 7.77. The molecule has 4 N–H and O–H groups in total. The quantitative estimate of drug-likeness (QED) is 0.129. The van der Waals surface area contributed by atoms with Crippen molar-refractivity contribution in [2.45, 2.75) is 49.5 Å². The molecule has 46 heavy (non-hydrogen) atoms. The topological polar surface area (TPSA) is 112 Å². The largest absolute Gasteiger partial charge is 0.413 e. The molecule has 1 saturated carbocycles. The third-order valence-corrected chi connectivity index (χ3v) is 8.35. The third-order valence-electron chi connectivity index (χ3n) is 8.06. The molecular weight excluding hydrogens is 620 g/mol. The van der Waals surface area contributed by atoms with Gasteiger partial charge in [0, 0.05) is 29.9 Å². The van der Waals surface area contributed by atoms with Gasteiger partial charge < -0.3 is 16.1 Å². The zero-order chi connectivity index (χ0) is 33.4. The number of benzene rings is 3. The van der Waals surface area contributed by atoms with Crippen LogP contribution in [-0.4, -0.2) is 21.7 Å². The summed E-state index contributed by atoms with van der Waals surface area (Å²) in [5.41, 5.74) is 5.50. The second-order valence-corrected chi connectivity index (χ2v) is 11.4. The van der Waals surface area contributed by atoms with E-state index in [1.807, 2.05) is 30.3 Å². The van der Waals surface area contributed by atoms with Crippen molar-refractivity contribution in [3.05, 3.63) is 112 Å². The number of hydrazine groups is 2. The van der Waals surface area contributed by atoms with Gasteiger partial charge in [0.25, 0.3) is 0 Å². The highest BCUT2D eigenvalue weighted by atomic mass is 35.5. The normalized spacial score (nSPS) is 17.5. The molecule has 8 nitrogen and oxygen atoms in total.